The van der Waals surface area contributed by atoms with Crippen LogP contribution in [0.15, 0.2) is 30.3 Å². The Morgan fingerprint density at radius 1 is 1.15 bits per heavy atom. The zero-order chi connectivity index (χ0) is 19.8. The predicted octanol–water partition coefficient (Wildman–Crippen LogP) is 4.86. The minimum atomic E-state index is -0.599. The first-order valence-electron chi connectivity index (χ1n) is 10.0. The zero-order valence-electron chi connectivity index (χ0n) is 16.8. The number of aliphatic hydroxyl groups excluding tert-OH is 1. The summed E-state index contributed by atoms with van der Waals surface area (Å²) in [6, 6.07) is 10.1. The minimum Gasteiger partial charge on any atom is -0.461 e. The van der Waals surface area contributed by atoms with Crippen molar-refractivity contribution in [2.24, 2.45) is 0 Å². The van der Waals surface area contributed by atoms with Crippen LogP contribution < -0.4 is 0 Å². The van der Waals surface area contributed by atoms with Crippen molar-refractivity contribution in [2.75, 3.05) is 6.61 Å². The van der Waals surface area contributed by atoms with E-state index in [1.165, 1.54) is 5.56 Å². The molecule has 0 aliphatic carbocycles. The average molecular weight is 376 g/mol. The topological polar surface area (TPSA) is 55.8 Å². The normalized spacial score (nSPS) is 14.5. The smallest absolute Gasteiger partial charge is 0.293 e. The molecule has 0 bridgehead atoms. The van der Waals surface area contributed by atoms with E-state index in [9.17, 15) is 9.90 Å². The van der Waals surface area contributed by atoms with E-state index in [-0.39, 0.29) is 0 Å². The Hall–Kier alpha value is -1.39. The Bertz CT molecular complexity index is 477. The van der Waals surface area contributed by atoms with E-state index in [2.05, 4.69) is 19.1 Å². The number of carbonyl (C=O) groups is 1. The van der Waals surface area contributed by atoms with Crippen molar-refractivity contribution in [3.63, 3.8) is 0 Å². The van der Waals surface area contributed by atoms with Gasteiger partial charge in [-0.1, -0.05) is 50.1 Å². The van der Waals surface area contributed by atoms with Crippen molar-refractivity contribution in [3.05, 3.63) is 55.2 Å². The van der Waals surface area contributed by atoms with Crippen LogP contribution in [0.1, 0.15) is 64.4 Å². The molecule has 0 fully saturated rings. The van der Waals surface area contributed by atoms with Crippen LogP contribution in [0.5, 0.6) is 0 Å². The van der Waals surface area contributed by atoms with E-state index < -0.39 is 11.7 Å². The van der Waals surface area contributed by atoms with Gasteiger partial charge in [0.15, 0.2) is 0 Å². The number of unbranched alkanes of at least 4 members (excludes halogenated alkanes) is 3. The van der Waals surface area contributed by atoms with Crippen LogP contribution >= 0.6 is 0 Å². The van der Waals surface area contributed by atoms with Crippen LogP contribution in [-0.4, -0.2) is 29.9 Å². The molecule has 1 aromatic rings. The van der Waals surface area contributed by atoms with Crippen LogP contribution in [0.25, 0.3) is 0 Å². The van der Waals surface area contributed by atoms with Crippen LogP contribution in [0.2, 0.25) is 0 Å². The van der Waals surface area contributed by atoms with E-state index in [1.807, 2.05) is 38.0 Å². The van der Waals surface area contributed by atoms with Gasteiger partial charge >= 0.3 is 0 Å². The van der Waals surface area contributed by atoms with Gasteiger partial charge < -0.3 is 14.6 Å². The first-order chi connectivity index (χ1) is 13.1. The summed E-state index contributed by atoms with van der Waals surface area (Å²) in [7, 11) is 0. The minimum absolute atomic E-state index is 0.494. The molecule has 2 atom stereocenters. The molecule has 0 heterocycles. The van der Waals surface area contributed by atoms with E-state index in [0.29, 0.717) is 26.1 Å². The highest BCUT2D eigenvalue weighted by Gasteiger charge is 2.25. The first-order valence-corrected chi connectivity index (χ1v) is 10.0. The first kappa shape index (κ1) is 23.6. The molecule has 0 aliphatic heterocycles. The predicted molar refractivity (Wildman–Crippen MR) is 109 cm³/mol. The Kier molecular flexibility index (Phi) is 12.8. The molecule has 151 valence electrons. The molecule has 0 amide bonds. The summed E-state index contributed by atoms with van der Waals surface area (Å²) in [5.74, 6) is 0. The van der Waals surface area contributed by atoms with Gasteiger partial charge in [-0.25, -0.2) is 0 Å². The molecule has 4 heteroatoms. The molecule has 1 aromatic carbocycles. The molecular formula is C23H35O4. The third-order valence-electron chi connectivity index (χ3n) is 4.53. The van der Waals surface area contributed by atoms with Crippen LogP contribution in [-0.2, 0) is 20.9 Å². The Morgan fingerprint density at radius 2 is 1.93 bits per heavy atom. The summed E-state index contributed by atoms with van der Waals surface area (Å²) >= 11 is 0. The van der Waals surface area contributed by atoms with Crippen LogP contribution in [0, 0.1) is 19.3 Å². The fourth-order valence-electron chi connectivity index (χ4n) is 2.82. The van der Waals surface area contributed by atoms with Crippen molar-refractivity contribution in [2.45, 2.75) is 77.1 Å². The van der Waals surface area contributed by atoms with Crippen molar-refractivity contribution in [3.8, 4) is 0 Å². The summed E-state index contributed by atoms with van der Waals surface area (Å²) in [4.78, 5) is 10.7. The number of ether oxygens (including phenoxy) is 2. The second-order valence-electron chi connectivity index (χ2n) is 7.14. The van der Waals surface area contributed by atoms with E-state index in [1.54, 1.807) is 6.42 Å². The molecule has 0 saturated carbocycles. The van der Waals surface area contributed by atoms with Gasteiger partial charge in [-0.05, 0) is 57.4 Å². The van der Waals surface area contributed by atoms with Gasteiger partial charge in [-0.2, -0.15) is 0 Å². The van der Waals surface area contributed by atoms with Crippen molar-refractivity contribution < 1.29 is 19.4 Å². The molecule has 1 N–H and O–H groups in total. The van der Waals surface area contributed by atoms with Crippen molar-refractivity contribution >= 4 is 6.47 Å². The molecule has 0 unspecified atom stereocenters. The zero-order valence-corrected chi connectivity index (χ0v) is 16.8. The number of carbonyl (C=O) groups excluding carboxylic acids is 1. The van der Waals surface area contributed by atoms with E-state index >= 15 is 0 Å². The Labute approximate surface area is 165 Å². The SMILES string of the molecule is CCCCC[C@](C)([CH][CH][CH][C@@H](O)CCCCOCc1ccccc1)OC=O. The lowest BCUT2D eigenvalue weighted by atomic mass is 9.91. The number of hydrogen-bond donors (Lipinski definition) is 1. The number of benzene rings is 1. The summed E-state index contributed by atoms with van der Waals surface area (Å²) in [6.45, 7) is 5.87. The fraction of sp³-hybridized carbons (Fsp3) is 0.565. The highest BCUT2D eigenvalue weighted by Crippen LogP contribution is 2.24. The fourth-order valence-corrected chi connectivity index (χ4v) is 2.82. The van der Waals surface area contributed by atoms with Gasteiger partial charge in [0.05, 0.1) is 12.7 Å². The van der Waals surface area contributed by atoms with Crippen LogP contribution in [0.3, 0.4) is 0 Å². The Morgan fingerprint density at radius 3 is 2.63 bits per heavy atom. The maximum Gasteiger partial charge on any atom is 0.293 e. The maximum atomic E-state index is 10.7. The van der Waals surface area contributed by atoms with E-state index in [0.717, 1.165) is 38.5 Å². The van der Waals surface area contributed by atoms with E-state index in [4.69, 9.17) is 9.47 Å². The number of hydrogen-bond acceptors (Lipinski definition) is 4. The van der Waals surface area contributed by atoms with Gasteiger partial charge in [0.2, 0.25) is 0 Å². The van der Waals surface area contributed by atoms with Gasteiger partial charge in [-0.3, -0.25) is 4.79 Å². The quantitative estimate of drug-likeness (QED) is 0.312. The van der Waals surface area contributed by atoms with Gasteiger partial charge in [0.25, 0.3) is 6.47 Å². The summed E-state index contributed by atoms with van der Waals surface area (Å²) in [6.07, 6.45) is 11.5. The average Bonchev–Trinajstić information content (AvgIpc) is 2.66. The second-order valence-corrected chi connectivity index (χ2v) is 7.14. The maximum absolute atomic E-state index is 10.7. The molecule has 27 heavy (non-hydrogen) atoms. The highest BCUT2D eigenvalue weighted by atomic mass is 16.5. The largest absolute Gasteiger partial charge is 0.461 e. The molecular weight excluding hydrogens is 340 g/mol. The van der Waals surface area contributed by atoms with Gasteiger partial charge in [0, 0.05) is 13.0 Å². The van der Waals surface area contributed by atoms with Crippen LogP contribution in [0.4, 0.5) is 0 Å². The lowest BCUT2D eigenvalue weighted by Gasteiger charge is -2.27. The number of rotatable bonds is 17. The molecule has 0 saturated heterocycles. The second kappa shape index (κ2) is 14.6. The van der Waals surface area contributed by atoms with Gasteiger partial charge in [-0.15, -0.1) is 0 Å². The van der Waals surface area contributed by atoms with Crippen molar-refractivity contribution in [1.82, 2.24) is 0 Å². The molecule has 0 aromatic heterocycles. The molecule has 3 radical (unpaired) electrons. The lowest BCUT2D eigenvalue weighted by molar-refractivity contribution is -0.139. The monoisotopic (exact) mass is 375 g/mol. The summed E-state index contributed by atoms with van der Waals surface area (Å²) in [5, 5.41) is 10.1. The third kappa shape index (κ3) is 11.8. The summed E-state index contributed by atoms with van der Waals surface area (Å²) < 4.78 is 10.9. The molecule has 0 spiro atoms. The highest BCUT2D eigenvalue weighted by molar-refractivity contribution is 5.39. The molecule has 1 rings (SSSR count). The summed E-state index contributed by atoms with van der Waals surface area (Å²) in [5.41, 5.74) is 0.578. The lowest BCUT2D eigenvalue weighted by Crippen LogP contribution is -2.29. The molecule has 0 aliphatic rings. The molecule has 4 nitrogen and oxygen atoms in total. The van der Waals surface area contributed by atoms with Gasteiger partial charge in [0.1, 0.15) is 5.60 Å². The van der Waals surface area contributed by atoms with Crippen molar-refractivity contribution in [1.29, 1.82) is 0 Å². The third-order valence-corrected chi connectivity index (χ3v) is 4.53. The number of aliphatic hydroxyl groups is 1. The standard InChI is InChI=1S/C23H35O4/c1-3-4-9-16-23(2,27-20-24)17-11-15-22(25)14-8-10-18-26-19-21-12-6-5-7-13-21/h5-7,11-13,15,17,20,22,25H,3-4,8-10,14,16,18-19H2,1-2H3/t22-,23+/m0/s1. The Balaban J connectivity index is 2.07.